The van der Waals surface area contributed by atoms with E-state index in [1.165, 1.54) is 19.1 Å². The van der Waals surface area contributed by atoms with E-state index in [4.69, 9.17) is 21.1 Å². The molecule has 1 aliphatic rings. The molecule has 4 rings (SSSR count). The number of carbonyl (C=O) groups excluding carboxylic acids is 2. The van der Waals surface area contributed by atoms with E-state index in [9.17, 15) is 9.59 Å². The molecular weight excluding hydrogens is 380 g/mol. The number of hydrogen-bond acceptors (Lipinski definition) is 4. The van der Waals surface area contributed by atoms with Gasteiger partial charge in [0, 0.05) is 23.1 Å². The summed E-state index contributed by atoms with van der Waals surface area (Å²) in [4.78, 5) is 27.0. The van der Waals surface area contributed by atoms with Gasteiger partial charge in [0.15, 0.2) is 0 Å². The lowest BCUT2D eigenvalue weighted by Crippen LogP contribution is -2.35. The minimum Gasteiger partial charge on any atom is -0.495 e. The lowest BCUT2D eigenvalue weighted by atomic mass is 10.1. The molecule has 142 valence electrons. The Balaban J connectivity index is 1.61. The summed E-state index contributed by atoms with van der Waals surface area (Å²) < 4.78 is 10.5. The number of nitrogens with zero attached hydrogens (tertiary/aromatic N) is 1. The average Bonchev–Trinajstić information content (AvgIpc) is 2.97. The number of benzene rings is 3. The van der Waals surface area contributed by atoms with Crippen molar-refractivity contribution in [1.82, 2.24) is 0 Å². The Hall–Kier alpha value is -3.25. The van der Waals surface area contributed by atoms with Crippen LogP contribution >= 0.6 is 11.6 Å². The second kappa shape index (κ2) is 7.05. The van der Waals surface area contributed by atoms with Crippen molar-refractivity contribution in [1.29, 1.82) is 0 Å². The molecule has 3 aromatic rings. The van der Waals surface area contributed by atoms with Crippen molar-refractivity contribution in [2.24, 2.45) is 0 Å². The molecule has 0 aliphatic carbocycles. The van der Waals surface area contributed by atoms with Crippen LogP contribution in [0, 0.1) is 0 Å². The highest BCUT2D eigenvalue weighted by Crippen LogP contribution is 2.38. The summed E-state index contributed by atoms with van der Waals surface area (Å²) in [5.41, 5.74) is 1.75. The summed E-state index contributed by atoms with van der Waals surface area (Å²) in [5.74, 6) is 0.257. The third-order valence-electron chi connectivity index (χ3n) is 4.70. The molecule has 28 heavy (non-hydrogen) atoms. The highest BCUT2D eigenvalue weighted by molar-refractivity contribution is 6.32. The fraction of sp³-hybridized carbons (Fsp3) is 0.143. The number of nitrogens with one attached hydrogen (secondary N) is 1. The molecule has 0 bridgehead atoms. The Kier molecular flexibility index (Phi) is 4.57. The highest BCUT2D eigenvalue weighted by Gasteiger charge is 2.31. The summed E-state index contributed by atoms with van der Waals surface area (Å²) in [5, 5.41) is 4.98. The Morgan fingerprint density at radius 3 is 2.50 bits per heavy atom. The van der Waals surface area contributed by atoms with E-state index in [2.05, 4.69) is 5.32 Å². The van der Waals surface area contributed by atoms with E-state index in [0.29, 0.717) is 27.8 Å². The third kappa shape index (κ3) is 2.92. The van der Waals surface area contributed by atoms with Gasteiger partial charge in [-0.25, -0.2) is 0 Å². The number of halogens is 1. The molecule has 0 atom stereocenters. The summed E-state index contributed by atoms with van der Waals surface area (Å²) in [6, 6.07) is 14.4. The first-order chi connectivity index (χ1) is 13.5. The van der Waals surface area contributed by atoms with E-state index in [1.807, 2.05) is 30.3 Å². The highest BCUT2D eigenvalue weighted by atomic mass is 35.5. The maximum absolute atomic E-state index is 12.8. The van der Waals surface area contributed by atoms with Gasteiger partial charge in [0.2, 0.25) is 5.91 Å². The molecule has 0 fully saturated rings. The molecule has 2 amide bonds. The molecule has 0 spiro atoms. The van der Waals surface area contributed by atoms with E-state index in [0.717, 1.165) is 16.5 Å². The number of carbonyl (C=O) groups is 2. The van der Waals surface area contributed by atoms with Gasteiger partial charge in [-0.15, -0.1) is 0 Å². The van der Waals surface area contributed by atoms with Crippen LogP contribution in [-0.4, -0.2) is 32.6 Å². The lowest BCUT2D eigenvalue weighted by molar-refractivity contribution is -0.114. The fourth-order valence-electron chi connectivity index (χ4n) is 3.43. The summed E-state index contributed by atoms with van der Waals surface area (Å²) in [7, 11) is 2.97. The van der Waals surface area contributed by atoms with Gasteiger partial charge in [0.25, 0.3) is 5.91 Å². The second-order valence-electron chi connectivity index (χ2n) is 6.31. The quantitative estimate of drug-likeness (QED) is 0.704. The standard InChI is InChI=1S/C21H17ClN2O4/c1-27-17-10-15(18(28-2)9-14(17)22)23-19(25)11-24-16-8-4-6-12-5-3-7-13(20(12)16)21(24)26/h3-10H,11H2,1-2H3,(H,23,25). The molecule has 1 heterocycles. The van der Waals surface area contributed by atoms with Gasteiger partial charge in [-0.05, 0) is 17.5 Å². The van der Waals surface area contributed by atoms with Gasteiger partial charge in [-0.1, -0.05) is 35.9 Å². The molecule has 1 aliphatic heterocycles. The van der Waals surface area contributed by atoms with Crippen LogP contribution in [0.4, 0.5) is 11.4 Å². The average molecular weight is 397 g/mol. The summed E-state index contributed by atoms with van der Waals surface area (Å²) >= 11 is 6.10. The number of methoxy groups -OCH3 is 2. The van der Waals surface area contributed by atoms with E-state index in [1.54, 1.807) is 18.2 Å². The molecule has 0 aromatic heterocycles. The van der Waals surface area contributed by atoms with Gasteiger partial charge in [0.1, 0.15) is 18.0 Å². The van der Waals surface area contributed by atoms with Gasteiger partial charge >= 0.3 is 0 Å². The van der Waals surface area contributed by atoms with Crippen LogP contribution in [0.15, 0.2) is 48.5 Å². The number of rotatable bonds is 5. The molecule has 1 N–H and O–H groups in total. The Labute approximate surface area is 166 Å². The van der Waals surface area contributed by atoms with Gasteiger partial charge < -0.3 is 14.8 Å². The molecule has 7 heteroatoms. The molecule has 0 radical (unpaired) electrons. The lowest BCUT2D eigenvalue weighted by Gasteiger charge is -2.18. The third-order valence-corrected chi connectivity index (χ3v) is 4.99. The van der Waals surface area contributed by atoms with Crippen molar-refractivity contribution in [3.05, 3.63) is 59.1 Å². The van der Waals surface area contributed by atoms with Crippen LogP contribution in [0.1, 0.15) is 10.4 Å². The van der Waals surface area contributed by atoms with Crippen molar-refractivity contribution in [3.8, 4) is 11.5 Å². The minimum absolute atomic E-state index is 0.124. The zero-order valence-corrected chi connectivity index (χ0v) is 16.0. The van der Waals surface area contributed by atoms with E-state index >= 15 is 0 Å². The van der Waals surface area contributed by atoms with Crippen molar-refractivity contribution in [3.63, 3.8) is 0 Å². The SMILES string of the molecule is COc1cc(NC(=O)CN2C(=O)c3cccc4cccc2c34)c(OC)cc1Cl. The zero-order valence-electron chi connectivity index (χ0n) is 15.3. The predicted molar refractivity (Wildman–Crippen MR) is 109 cm³/mol. The molecule has 3 aromatic carbocycles. The van der Waals surface area contributed by atoms with Crippen LogP contribution in [-0.2, 0) is 4.79 Å². The van der Waals surface area contributed by atoms with E-state index < -0.39 is 0 Å². The number of anilines is 2. The monoisotopic (exact) mass is 396 g/mol. The molecule has 0 unspecified atom stereocenters. The topological polar surface area (TPSA) is 67.9 Å². The van der Waals surface area contributed by atoms with Crippen molar-refractivity contribution < 1.29 is 19.1 Å². The molecule has 0 saturated carbocycles. The molecular formula is C21H17ClN2O4. The normalized spacial score (nSPS) is 12.4. The number of hydrogen-bond donors (Lipinski definition) is 1. The van der Waals surface area contributed by atoms with Crippen molar-refractivity contribution in [2.75, 3.05) is 31.0 Å². The largest absolute Gasteiger partial charge is 0.495 e. The summed E-state index contributed by atoms with van der Waals surface area (Å²) in [6.45, 7) is -0.124. The van der Waals surface area contributed by atoms with Crippen LogP contribution < -0.4 is 19.7 Å². The van der Waals surface area contributed by atoms with Crippen LogP contribution in [0.5, 0.6) is 11.5 Å². The van der Waals surface area contributed by atoms with Crippen LogP contribution in [0.3, 0.4) is 0 Å². The maximum Gasteiger partial charge on any atom is 0.259 e. The second-order valence-corrected chi connectivity index (χ2v) is 6.71. The Morgan fingerprint density at radius 2 is 1.79 bits per heavy atom. The van der Waals surface area contributed by atoms with Crippen LogP contribution in [0.2, 0.25) is 5.02 Å². The van der Waals surface area contributed by atoms with Crippen LogP contribution in [0.25, 0.3) is 10.8 Å². The smallest absolute Gasteiger partial charge is 0.259 e. The minimum atomic E-state index is -0.360. The fourth-order valence-corrected chi connectivity index (χ4v) is 3.66. The molecule has 0 saturated heterocycles. The first-order valence-electron chi connectivity index (χ1n) is 8.58. The summed E-state index contributed by atoms with van der Waals surface area (Å²) in [6.07, 6.45) is 0. The predicted octanol–water partition coefficient (Wildman–Crippen LogP) is 4.11. The van der Waals surface area contributed by atoms with Crippen molar-refractivity contribution >= 4 is 45.6 Å². The first kappa shape index (κ1) is 18.1. The van der Waals surface area contributed by atoms with Gasteiger partial charge in [0.05, 0.1) is 30.6 Å². The molecule has 6 nitrogen and oxygen atoms in total. The first-order valence-corrected chi connectivity index (χ1v) is 8.96. The maximum atomic E-state index is 12.8. The van der Waals surface area contributed by atoms with Gasteiger partial charge in [-0.2, -0.15) is 0 Å². The number of ether oxygens (including phenoxy) is 2. The number of amides is 2. The zero-order chi connectivity index (χ0) is 19.8. The Morgan fingerprint density at radius 1 is 1.07 bits per heavy atom. The van der Waals surface area contributed by atoms with E-state index in [-0.39, 0.29) is 18.4 Å². The van der Waals surface area contributed by atoms with Gasteiger partial charge in [-0.3, -0.25) is 14.5 Å². The Bertz CT molecular complexity index is 1110. The van der Waals surface area contributed by atoms with Crippen molar-refractivity contribution in [2.45, 2.75) is 0 Å².